The molecule has 1 heterocycles. The maximum Gasteiger partial charge on any atom is 0.225 e. The van der Waals surface area contributed by atoms with Crippen molar-refractivity contribution in [2.45, 2.75) is 71.3 Å². The molecular formula is C17H30N2O2. The van der Waals surface area contributed by atoms with Crippen LogP contribution in [0, 0.1) is 11.8 Å². The topological polar surface area (TPSA) is 49.4 Å². The van der Waals surface area contributed by atoms with Gasteiger partial charge in [-0.3, -0.25) is 9.59 Å². The van der Waals surface area contributed by atoms with Crippen molar-refractivity contribution < 1.29 is 9.59 Å². The van der Waals surface area contributed by atoms with Gasteiger partial charge in [0.05, 0.1) is 0 Å². The van der Waals surface area contributed by atoms with Gasteiger partial charge in [0, 0.05) is 31.0 Å². The third-order valence-electron chi connectivity index (χ3n) is 5.12. The maximum atomic E-state index is 12.5. The van der Waals surface area contributed by atoms with Gasteiger partial charge in [0.25, 0.3) is 0 Å². The van der Waals surface area contributed by atoms with Gasteiger partial charge in [0.1, 0.15) is 0 Å². The van der Waals surface area contributed by atoms with E-state index in [1.54, 1.807) is 0 Å². The maximum absolute atomic E-state index is 12.5. The van der Waals surface area contributed by atoms with E-state index in [4.69, 9.17) is 0 Å². The molecule has 1 aliphatic carbocycles. The number of hydrogen-bond donors (Lipinski definition) is 1. The largest absolute Gasteiger partial charge is 0.353 e. The number of rotatable bonds is 4. The van der Waals surface area contributed by atoms with Gasteiger partial charge in [-0.05, 0) is 58.3 Å². The molecule has 2 rings (SSSR count). The molecule has 0 aromatic rings. The van der Waals surface area contributed by atoms with Gasteiger partial charge in [-0.25, -0.2) is 0 Å². The van der Waals surface area contributed by atoms with Gasteiger partial charge in [0.15, 0.2) is 0 Å². The first-order valence-corrected chi connectivity index (χ1v) is 8.71. The highest BCUT2D eigenvalue weighted by molar-refractivity contribution is 5.81. The van der Waals surface area contributed by atoms with Crippen molar-refractivity contribution in [3.05, 3.63) is 0 Å². The Morgan fingerprint density at radius 3 is 2.19 bits per heavy atom. The zero-order chi connectivity index (χ0) is 15.2. The molecule has 21 heavy (non-hydrogen) atoms. The second-order valence-corrected chi connectivity index (χ2v) is 6.75. The number of piperidine rings is 1. The van der Waals surface area contributed by atoms with Crippen molar-refractivity contribution >= 4 is 11.8 Å². The molecule has 4 nitrogen and oxygen atoms in total. The molecule has 120 valence electrons. The lowest BCUT2D eigenvalue weighted by Gasteiger charge is -2.33. The highest BCUT2D eigenvalue weighted by Crippen LogP contribution is 2.31. The van der Waals surface area contributed by atoms with Gasteiger partial charge < -0.3 is 10.2 Å². The van der Waals surface area contributed by atoms with Crippen molar-refractivity contribution in [2.24, 2.45) is 11.8 Å². The smallest absolute Gasteiger partial charge is 0.225 e. The van der Waals surface area contributed by atoms with E-state index in [2.05, 4.69) is 12.2 Å². The Morgan fingerprint density at radius 2 is 1.62 bits per heavy atom. The zero-order valence-corrected chi connectivity index (χ0v) is 13.6. The van der Waals surface area contributed by atoms with Crippen LogP contribution in [0.1, 0.15) is 65.2 Å². The summed E-state index contributed by atoms with van der Waals surface area (Å²) in [5.41, 5.74) is 0. The van der Waals surface area contributed by atoms with Crippen LogP contribution < -0.4 is 5.32 Å². The average Bonchev–Trinajstić information content (AvgIpc) is 2.55. The molecule has 0 radical (unpaired) electrons. The van der Waals surface area contributed by atoms with Crippen LogP contribution in [0.3, 0.4) is 0 Å². The highest BCUT2D eigenvalue weighted by atomic mass is 16.2. The predicted molar refractivity (Wildman–Crippen MR) is 83.8 cm³/mol. The number of likely N-dealkylation sites (tertiary alicyclic amines) is 1. The SMILES string of the molecule is CCC(C)NC(=O)C1CCC(C(=O)N2CCCCC2)CC1. The third-order valence-corrected chi connectivity index (χ3v) is 5.12. The fraction of sp³-hybridized carbons (Fsp3) is 0.882. The van der Waals surface area contributed by atoms with Crippen LogP contribution in [0.2, 0.25) is 0 Å². The summed E-state index contributed by atoms with van der Waals surface area (Å²) in [6.07, 6.45) is 8.03. The van der Waals surface area contributed by atoms with E-state index in [9.17, 15) is 9.59 Å². The van der Waals surface area contributed by atoms with Crippen molar-refractivity contribution in [2.75, 3.05) is 13.1 Å². The normalized spacial score (nSPS) is 28.0. The minimum absolute atomic E-state index is 0.115. The van der Waals surface area contributed by atoms with Crippen molar-refractivity contribution in [3.8, 4) is 0 Å². The Balaban J connectivity index is 1.77. The number of nitrogens with one attached hydrogen (secondary N) is 1. The molecule has 2 aliphatic rings. The molecule has 1 saturated heterocycles. The number of hydrogen-bond acceptors (Lipinski definition) is 2. The fourth-order valence-corrected chi connectivity index (χ4v) is 3.44. The molecule has 2 fully saturated rings. The number of carbonyl (C=O) groups excluding carboxylic acids is 2. The molecule has 2 amide bonds. The van der Waals surface area contributed by atoms with Crippen LogP contribution in [0.4, 0.5) is 0 Å². The molecule has 1 atom stereocenters. The second-order valence-electron chi connectivity index (χ2n) is 6.75. The Hall–Kier alpha value is -1.06. The zero-order valence-electron chi connectivity index (χ0n) is 13.6. The summed E-state index contributed by atoms with van der Waals surface area (Å²) in [4.78, 5) is 26.7. The number of nitrogens with zero attached hydrogens (tertiary/aromatic N) is 1. The quantitative estimate of drug-likeness (QED) is 0.866. The summed E-state index contributed by atoms with van der Waals surface area (Å²) in [5, 5.41) is 3.07. The summed E-state index contributed by atoms with van der Waals surface area (Å²) in [6.45, 7) is 6.00. The van der Waals surface area contributed by atoms with Crippen LogP contribution in [-0.2, 0) is 9.59 Å². The standard InChI is InChI=1S/C17H30N2O2/c1-3-13(2)18-16(20)14-7-9-15(10-8-14)17(21)19-11-5-4-6-12-19/h13-15H,3-12H2,1-2H3,(H,18,20). The third kappa shape index (κ3) is 4.45. The molecule has 0 spiro atoms. The number of carbonyl (C=O) groups is 2. The minimum Gasteiger partial charge on any atom is -0.353 e. The van der Waals surface area contributed by atoms with Gasteiger partial charge >= 0.3 is 0 Å². The lowest BCUT2D eigenvalue weighted by molar-refractivity contribution is -0.139. The second kappa shape index (κ2) is 7.81. The van der Waals surface area contributed by atoms with Crippen LogP contribution in [0.5, 0.6) is 0 Å². The summed E-state index contributed by atoms with van der Waals surface area (Å²) < 4.78 is 0. The van der Waals surface area contributed by atoms with Gasteiger partial charge in [-0.15, -0.1) is 0 Å². The fourth-order valence-electron chi connectivity index (χ4n) is 3.44. The monoisotopic (exact) mass is 294 g/mol. The van der Waals surface area contributed by atoms with Crippen LogP contribution >= 0.6 is 0 Å². The van der Waals surface area contributed by atoms with E-state index in [-0.39, 0.29) is 23.8 Å². The highest BCUT2D eigenvalue weighted by Gasteiger charge is 2.32. The van der Waals surface area contributed by atoms with E-state index >= 15 is 0 Å². The number of amides is 2. The Morgan fingerprint density at radius 1 is 1.05 bits per heavy atom. The van der Waals surface area contributed by atoms with E-state index in [0.717, 1.165) is 58.0 Å². The van der Waals surface area contributed by atoms with Crippen LogP contribution in [-0.4, -0.2) is 35.8 Å². The Bertz CT molecular complexity index is 356. The predicted octanol–water partition coefficient (Wildman–Crippen LogP) is 2.72. The van der Waals surface area contributed by atoms with Crippen molar-refractivity contribution in [1.29, 1.82) is 0 Å². The van der Waals surface area contributed by atoms with Gasteiger partial charge in [-0.1, -0.05) is 6.92 Å². The summed E-state index contributed by atoms with van der Waals surface area (Å²) in [7, 11) is 0. The first-order chi connectivity index (χ1) is 10.1. The molecule has 4 heteroatoms. The Kier molecular flexibility index (Phi) is 6.07. The van der Waals surface area contributed by atoms with Gasteiger partial charge in [-0.2, -0.15) is 0 Å². The minimum atomic E-state index is 0.115. The summed E-state index contributed by atoms with van der Waals surface area (Å²) in [6, 6.07) is 0.255. The van der Waals surface area contributed by atoms with Crippen molar-refractivity contribution in [1.82, 2.24) is 10.2 Å². The Labute approximate surface area is 128 Å². The first kappa shape index (κ1) is 16.3. The van der Waals surface area contributed by atoms with Crippen LogP contribution in [0.25, 0.3) is 0 Å². The summed E-state index contributed by atoms with van der Waals surface area (Å²) >= 11 is 0. The van der Waals surface area contributed by atoms with E-state index < -0.39 is 0 Å². The van der Waals surface area contributed by atoms with Gasteiger partial charge in [0.2, 0.25) is 11.8 Å². The van der Waals surface area contributed by atoms with Crippen molar-refractivity contribution in [3.63, 3.8) is 0 Å². The molecule has 0 bridgehead atoms. The van der Waals surface area contributed by atoms with Crippen LogP contribution in [0.15, 0.2) is 0 Å². The van der Waals surface area contributed by atoms with E-state index in [1.807, 2.05) is 11.8 Å². The summed E-state index contributed by atoms with van der Waals surface area (Å²) in [5.74, 6) is 0.809. The average molecular weight is 294 g/mol. The molecule has 0 aromatic carbocycles. The molecule has 1 aliphatic heterocycles. The molecular weight excluding hydrogens is 264 g/mol. The van der Waals surface area contributed by atoms with E-state index in [1.165, 1.54) is 6.42 Å². The molecule has 1 N–H and O–H groups in total. The molecule has 1 unspecified atom stereocenters. The molecule has 1 saturated carbocycles. The van der Waals surface area contributed by atoms with E-state index in [0.29, 0.717) is 5.91 Å². The lowest BCUT2D eigenvalue weighted by atomic mass is 9.80. The lowest BCUT2D eigenvalue weighted by Crippen LogP contribution is -2.43. The molecule has 0 aromatic heterocycles. The first-order valence-electron chi connectivity index (χ1n) is 8.71.